The fraction of sp³-hybridized carbons (Fsp3) is 0.867. The molecule has 0 heterocycles. The smallest absolute Gasteiger partial charge is 0.308 e. The Balaban J connectivity index is 3.37. The predicted octanol–water partition coefficient (Wildman–Crippen LogP) is 3.24. The van der Waals surface area contributed by atoms with Gasteiger partial charge in [-0.15, -0.1) is 0 Å². The van der Waals surface area contributed by atoms with Crippen LogP contribution in [0.1, 0.15) is 77.6 Å². The molecule has 0 spiro atoms. The highest BCUT2D eigenvalue weighted by molar-refractivity contribution is 5.69. The van der Waals surface area contributed by atoms with E-state index in [2.05, 4.69) is 6.92 Å². The third-order valence-electron chi connectivity index (χ3n) is 3.09. The first kappa shape index (κ1) is 18.9. The predicted molar refractivity (Wildman–Crippen MR) is 76.2 cm³/mol. The molecule has 0 rings (SSSR count). The lowest BCUT2D eigenvalue weighted by molar-refractivity contribution is -0.169. The lowest BCUT2D eigenvalue weighted by Crippen LogP contribution is -2.17. The van der Waals surface area contributed by atoms with E-state index >= 15 is 0 Å². The molecule has 0 radical (unpaired) electrons. The zero-order valence-corrected chi connectivity index (χ0v) is 12.5. The number of ether oxygens (including phenoxy) is 1. The number of carboxylic acid groups (broad SMARTS) is 1. The Morgan fingerprint density at radius 2 is 1.55 bits per heavy atom. The maximum absolute atomic E-state index is 11.4. The quantitative estimate of drug-likeness (QED) is 0.309. The molecular formula is C15H28O5. The number of aliphatic hydroxyl groups excluding tert-OH is 1. The monoisotopic (exact) mass is 288 g/mol. The van der Waals surface area contributed by atoms with Crippen LogP contribution in [-0.2, 0) is 14.3 Å². The lowest BCUT2D eigenvalue weighted by atomic mass is 10.1. The largest absolute Gasteiger partial charge is 0.481 e. The van der Waals surface area contributed by atoms with Crippen LogP contribution in [0, 0.1) is 0 Å². The van der Waals surface area contributed by atoms with Gasteiger partial charge in [0.25, 0.3) is 0 Å². The number of carbonyl (C=O) groups is 2. The zero-order chi connectivity index (χ0) is 15.2. The molecule has 1 unspecified atom stereocenters. The van der Waals surface area contributed by atoms with Gasteiger partial charge in [-0.1, -0.05) is 39.0 Å². The molecule has 118 valence electrons. The molecule has 0 aliphatic rings. The van der Waals surface area contributed by atoms with Crippen molar-refractivity contribution < 1.29 is 24.5 Å². The van der Waals surface area contributed by atoms with Crippen molar-refractivity contribution in [2.24, 2.45) is 0 Å². The molecule has 0 fully saturated rings. The average molecular weight is 288 g/mol. The molecule has 0 bridgehead atoms. The average Bonchev–Trinajstić information content (AvgIpc) is 2.37. The van der Waals surface area contributed by atoms with Gasteiger partial charge in [0.1, 0.15) is 0 Å². The molecule has 0 amide bonds. The highest BCUT2D eigenvalue weighted by atomic mass is 16.6. The summed E-state index contributed by atoms with van der Waals surface area (Å²) in [6, 6.07) is 0. The van der Waals surface area contributed by atoms with Crippen LogP contribution in [-0.4, -0.2) is 28.4 Å². The van der Waals surface area contributed by atoms with Gasteiger partial charge in [-0.3, -0.25) is 9.59 Å². The van der Waals surface area contributed by atoms with Gasteiger partial charge in [0.05, 0.1) is 0 Å². The third-order valence-corrected chi connectivity index (χ3v) is 3.09. The Hall–Kier alpha value is -1.10. The van der Waals surface area contributed by atoms with E-state index < -0.39 is 12.3 Å². The number of hydrogen-bond donors (Lipinski definition) is 2. The van der Waals surface area contributed by atoms with E-state index in [4.69, 9.17) is 9.84 Å². The molecule has 0 saturated heterocycles. The molecule has 5 heteroatoms. The van der Waals surface area contributed by atoms with Crippen LogP contribution >= 0.6 is 0 Å². The van der Waals surface area contributed by atoms with Crippen molar-refractivity contribution in [2.45, 2.75) is 83.8 Å². The first-order valence-corrected chi connectivity index (χ1v) is 7.65. The second-order valence-corrected chi connectivity index (χ2v) is 5.10. The summed E-state index contributed by atoms with van der Waals surface area (Å²) in [5, 5.41) is 17.9. The van der Waals surface area contributed by atoms with Crippen molar-refractivity contribution in [1.82, 2.24) is 0 Å². The molecule has 0 aromatic rings. The van der Waals surface area contributed by atoms with Gasteiger partial charge in [-0.2, -0.15) is 0 Å². The van der Waals surface area contributed by atoms with E-state index in [1.807, 2.05) is 0 Å². The Kier molecular flexibility index (Phi) is 12.2. The summed E-state index contributed by atoms with van der Waals surface area (Å²) in [5.41, 5.74) is 0. The van der Waals surface area contributed by atoms with Crippen LogP contribution in [0.15, 0.2) is 0 Å². The summed E-state index contributed by atoms with van der Waals surface area (Å²) in [4.78, 5) is 21.7. The SMILES string of the molecule is CCCCCC(O)OC(=O)CCCCCCCC(=O)O. The van der Waals surface area contributed by atoms with Gasteiger partial charge < -0.3 is 14.9 Å². The van der Waals surface area contributed by atoms with Crippen molar-refractivity contribution in [3.05, 3.63) is 0 Å². The summed E-state index contributed by atoms with van der Waals surface area (Å²) in [7, 11) is 0. The molecule has 0 aromatic carbocycles. The van der Waals surface area contributed by atoms with E-state index in [-0.39, 0.29) is 12.4 Å². The number of esters is 1. The van der Waals surface area contributed by atoms with Crippen LogP contribution in [0.3, 0.4) is 0 Å². The number of carbonyl (C=O) groups excluding carboxylic acids is 1. The third kappa shape index (κ3) is 13.3. The van der Waals surface area contributed by atoms with E-state index in [9.17, 15) is 14.7 Å². The number of carboxylic acids is 1. The Bertz CT molecular complexity index is 265. The summed E-state index contributed by atoms with van der Waals surface area (Å²) in [6.45, 7) is 2.08. The minimum absolute atomic E-state index is 0.214. The molecule has 5 nitrogen and oxygen atoms in total. The van der Waals surface area contributed by atoms with Crippen LogP contribution < -0.4 is 0 Å². The van der Waals surface area contributed by atoms with E-state index in [1.165, 1.54) is 0 Å². The molecule has 2 N–H and O–H groups in total. The molecular weight excluding hydrogens is 260 g/mol. The van der Waals surface area contributed by atoms with E-state index in [0.717, 1.165) is 44.9 Å². The van der Waals surface area contributed by atoms with Gasteiger partial charge in [-0.05, 0) is 19.3 Å². The summed E-state index contributed by atoms with van der Waals surface area (Å²) < 4.78 is 4.90. The zero-order valence-electron chi connectivity index (χ0n) is 12.5. The van der Waals surface area contributed by atoms with Gasteiger partial charge >= 0.3 is 11.9 Å². The summed E-state index contributed by atoms with van der Waals surface area (Å²) >= 11 is 0. The first-order chi connectivity index (χ1) is 9.56. The molecule has 0 aliphatic carbocycles. The van der Waals surface area contributed by atoms with Crippen LogP contribution in [0.4, 0.5) is 0 Å². The maximum Gasteiger partial charge on any atom is 0.308 e. The minimum atomic E-state index is -0.968. The van der Waals surface area contributed by atoms with E-state index in [1.54, 1.807) is 0 Å². The molecule has 20 heavy (non-hydrogen) atoms. The Morgan fingerprint density at radius 1 is 0.950 bits per heavy atom. The Morgan fingerprint density at radius 3 is 2.15 bits per heavy atom. The summed E-state index contributed by atoms with van der Waals surface area (Å²) in [5.74, 6) is -1.11. The standard InChI is InChI=1S/C15H28O5/c1-2-3-7-11-14(18)20-15(19)12-9-6-4-5-8-10-13(16)17/h14,18H,2-12H2,1H3,(H,16,17). The second-order valence-electron chi connectivity index (χ2n) is 5.10. The molecule has 0 saturated carbocycles. The van der Waals surface area contributed by atoms with Crippen LogP contribution in [0.2, 0.25) is 0 Å². The highest BCUT2D eigenvalue weighted by Gasteiger charge is 2.10. The number of hydrogen-bond acceptors (Lipinski definition) is 4. The summed E-state index contributed by atoms with van der Waals surface area (Å²) in [6.07, 6.45) is 7.17. The van der Waals surface area contributed by atoms with Gasteiger partial charge in [0.15, 0.2) is 0 Å². The van der Waals surface area contributed by atoms with E-state index in [0.29, 0.717) is 19.3 Å². The fourth-order valence-corrected chi connectivity index (χ4v) is 1.91. The number of unbranched alkanes of at least 4 members (excludes halogenated alkanes) is 6. The normalized spacial score (nSPS) is 12.1. The van der Waals surface area contributed by atoms with Crippen molar-refractivity contribution >= 4 is 11.9 Å². The maximum atomic E-state index is 11.4. The number of rotatable bonds is 13. The van der Waals surface area contributed by atoms with Crippen molar-refractivity contribution in [2.75, 3.05) is 0 Å². The minimum Gasteiger partial charge on any atom is -0.481 e. The van der Waals surface area contributed by atoms with Gasteiger partial charge in [0.2, 0.25) is 6.29 Å². The van der Waals surface area contributed by atoms with Gasteiger partial charge in [-0.25, -0.2) is 0 Å². The molecule has 0 aliphatic heterocycles. The number of aliphatic carboxylic acids is 1. The molecule has 0 aromatic heterocycles. The van der Waals surface area contributed by atoms with Crippen molar-refractivity contribution in [3.8, 4) is 0 Å². The topological polar surface area (TPSA) is 83.8 Å². The Labute approximate surface area is 121 Å². The highest BCUT2D eigenvalue weighted by Crippen LogP contribution is 2.10. The van der Waals surface area contributed by atoms with Crippen molar-refractivity contribution in [1.29, 1.82) is 0 Å². The first-order valence-electron chi connectivity index (χ1n) is 7.65. The van der Waals surface area contributed by atoms with Gasteiger partial charge in [0, 0.05) is 19.3 Å². The molecule has 1 atom stereocenters. The lowest BCUT2D eigenvalue weighted by Gasteiger charge is -2.11. The van der Waals surface area contributed by atoms with Crippen LogP contribution in [0.5, 0.6) is 0 Å². The van der Waals surface area contributed by atoms with Crippen molar-refractivity contribution in [3.63, 3.8) is 0 Å². The fourth-order valence-electron chi connectivity index (χ4n) is 1.91. The second kappa shape index (κ2) is 12.9. The number of aliphatic hydroxyl groups is 1. The van der Waals surface area contributed by atoms with Crippen LogP contribution in [0.25, 0.3) is 0 Å².